The maximum Gasteiger partial charge on any atom is 0.377 e. The molecule has 0 unspecified atom stereocenters. The van der Waals surface area contributed by atoms with Crippen molar-refractivity contribution in [2.24, 2.45) is 0 Å². The molecule has 0 saturated carbocycles. The van der Waals surface area contributed by atoms with Gasteiger partial charge in [-0.15, -0.1) is 0 Å². The van der Waals surface area contributed by atoms with Gasteiger partial charge >= 0.3 is 11.9 Å². The fraction of sp³-hybridized carbons (Fsp3) is 0.357. The summed E-state index contributed by atoms with van der Waals surface area (Å²) in [7, 11) is 0. The lowest BCUT2D eigenvalue weighted by Crippen LogP contribution is -2.30. The number of aliphatic carboxylic acids is 1. The van der Waals surface area contributed by atoms with Crippen LogP contribution < -0.4 is 9.47 Å². The maximum absolute atomic E-state index is 13.6. The summed E-state index contributed by atoms with van der Waals surface area (Å²) in [6, 6.07) is 22.9. The molecule has 0 spiro atoms. The van der Waals surface area contributed by atoms with Crippen LogP contribution in [0.4, 0.5) is 0 Å². The number of hydrogen-bond acceptors (Lipinski definition) is 6. The van der Waals surface area contributed by atoms with E-state index in [0.717, 1.165) is 88.1 Å². The van der Waals surface area contributed by atoms with Crippen molar-refractivity contribution in [3.05, 3.63) is 115 Å². The van der Waals surface area contributed by atoms with Gasteiger partial charge in [-0.05, 0) is 102 Å². The van der Waals surface area contributed by atoms with Crippen LogP contribution in [0.1, 0.15) is 115 Å². The number of carboxylic acid groups (broad SMARTS) is 1. The summed E-state index contributed by atoms with van der Waals surface area (Å²) in [5, 5.41) is 9.94. The Morgan fingerprint density at radius 2 is 1.12 bits per heavy atom. The monoisotopic (exact) mass is 818 g/mol. The molecule has 0 radical (unpaired) electrons. The molecule has 5 rings (SSSR count). The van der Waals surface area contributed by atoms with Gasteiger partial charge in [-0.2, -0.15) is 0 Å². The second-order valence-corrected chi connectivity index (χ2v) is 14.6. The minimum atomic E-state index is -1.57. The zero-order valence-electron chi connectivity index (χ0n) is 29.4. The first kappa shape index (κ1) is 38.3. The number of rotatable bonds is 18. The number of ketones is 1. The van der Waals surface area contributed by atoms with E-state index in [0.29, 0.717) is 24.5 Å². The molecule has 0 aromatic heterocycles. The minimum Gasteiger partial charge on any atom is -0.493 e. The van der Waals surface area contributed by atoms with Gasteiger partial charge in [-0.1, -0.05) is 108 Å². The average molecular weight is 821 g/mol. The van der Waals surface area contributed by atoms with Crippen molar-refractivity contribution in [2.75, 3.05) is 19.8 Å². The number of ether oxygens (including phenoxy) is 3. The van der Waals surface area contributed by atoms with Crippen molar-refractivity contribution in [1.82, 2.24) is 0 Å². The second-order valence-electron chi connectivity index (χ2n) is 12.7. The number of hydrogen-bond donors (Lipinski definition) is 1. The van der Waals surface area contributed by atoms with E-state index in [1.165, 1.54) is 0 Å². The lowest BCUT2D eigenvalue weighted by Gasteiger charge is -2.35. The Kier molecular flexibility index (Phi) is 13.1. The van der Waals surface area contributed by atoms with Crippen LogP contribution in [-0.2, 0) is 14.9 Å². The largest absolute Gasteiger partial charge is 0.493 e. The van der Waals surface area contributed by atoms with Crippen molar-refractivity contribution in [3.63, 3.8) is 0 Å². The Hall–Kier alpha value is -3.95. The standard InChI is InChI=1S/C42H44Br2O7/c1-4-7-9-11-21-50-37-19-13-27(23-33(37)39(45)40(46)47)42(35-25-29(43)15-17-31(35)32-18-16-30(44)26-36(32)42)28-14-20-38(51-22-12-10-8-5-2)34(24-28)41(48)49-6-3/h13-20,23-26H,4-12,21-22H2,1-3H3,(H,46,47). The summed E-state index contributed by atoms with van der Waals surface area (Å²) in [4.78, 5) is 39.2. The van der Waals surface area contributed by atoms with Crippen LogP contribution in [0.5, 0.6) is 11.5 Å². The molecule has 0 heterocycles. The zero-order chi connectivity index (χ0) is 36.5. The molecule has 0 aliphatic heterocycles. The molecule has 0 atom stereocenters. The first-order valence-corrected chi connectivity index (χ1v) is 19.4. The zero-order valence-corrected chi connectivity index (χ0v) is 32.5. The molecule has 9 heteroatoms. The normalized spacial score (nSPS) is 12.6. The van der Waals surface area contributed by atoms with Crippen LogP contribution >= 0.6 is 31.9 Å². The SMILES string of the molecule is CCCCCCOc1ccc(C2(c3ccc(OCCCCCC)c(C(=O)C(=O)O)c3)c3cc(Br)ccc3-c3ccc(Br)cc32)cc1C(=O)OCC. The summed E-state index contributed by atoms with van der Waals surface area (Å²) < 4.78 is 19.5. The summed E-state index contributed by atoms with van der Waals surface area (Å²) in [6.07, 6.45) is 7.98. The molecule has 0 saturated heterocycles. The van der Waals surface area contributed by atoms with E-state index < -0.39 is 23.1 Å². The fourth-order valence-electron chi connectivity index (χ4n) is 6.92. The molecule has 4 aromatic carbocycles. The third-order valence-corrected chi connectivity index (χ3v) is 10.3. The van der Waals surface area contributed by atoms with Crippen LogP contribution in [0, 0.1) is 0 Å². The fourth-order valence-corrected chi connectivity index (χ4v) is 7.64. The van der Waals surface area contributed by atoms with Crippen molar-refractivity contribution in [1.29, 1.82) is 0 Å². The van der Waals surface area contributed by atoms with Gasteiger partial charge < -0.3 is 19.3 Å². The molecular weight excluding hydrogens is 776 g/mol. The number of halogens is 2. The van der Waals surface area contributed by atoms with Gasteiger partial charge in [-0.25, -0.2) is 9.59 Å². The Balaban J connectivity index is 1.77. The van der Waals surface area contributed by atoms with E-state index in [1.54, 1.807) is 19.1 Å². The summed E-state index contributed by atoms with van der Waals surface area (Å²) in [5.74, 6) is -2.48. The van der Waals surface area contributed by atoms with Crippen LogP contribution in [0.25, 0.3) is 11.1 Å². The smallest absolute Gasteiger partial charge is 0.377 e. The first-order valence-electron chi connectivity index (χ1n) is 17.8. The maximum atomic E-state index is 13.6. The predicted octanol–water partition coefficient (Wildman–Crippen LogP) is 10.9. The third kappa shape index (κ3) is 8.10. The first-order chi connectivity index (χ1) is 24.7. The second kappa shape index (κ2) is 17.5. The molecule has 1 N–H and O–H groups in total. The number of carbonyl (C=O) groups is 3. The molecule has 0 fully saturated rings. The van der Waals surface area contributed by atoms with E-state index in [-0.39, 0.29) is 23.5 Å². The topological polar surface area (TPSA) is 99.1 Å². The number of carbonyl (C=O) groups excluding carboxylic acids is 2. The van der Waals surface area contributed by atoms with E-state index in [2.05, 4.69) is 45.7 Å². The van der Waals surface area contributed by atoms with Gasteiger partial charge in [-0.3, -0.25) is 4.79 Å². The van der Waals surface area contributed by atoms with E-state index in [9.17, 15) is 19.5 Å². The van der Waals surface area contributed by atoms with Gasteiger partial charge in [0.1, 0.15) is 17.1 Å². The predicted molar refractivity (Wildman–Crippen MR) is 206 cm³/mol. The molecule has 4 aromatic rings. The Morgan fingerprint density at radius 1 is 0.627 bits per heavy atom. The Morgan fingerprint density at radius 3 is 1.59 bits per heavy atom. The number of benzene rings is 4. The van der Waals surface area contributed by atoms with Crippen molar-refractivity contribution < 1.29 is 33.7 Å². The highest BCUT2D eigenvalue weighted by Gasteiger charge is 2.47. The average Bonchev–Trinajstić information content (AvgIpc) is 3.40. The molecule has 1 aliphatic rings. The number of esters is 1. The van der Waals surface area contributed by atoms with Gasteiger partial charge in [0.2, 0.25) is 0 Å². The van der Waals surface area contributed by atoms with Gasteiger partial charge in [0.25, 0.3) is 5.78 Å². The number of Topliss-reactive ketones (excluding diaryl/α,β-unsaturated/α-hetero) is 1. The van der Waals surface area contributed by atoms with Crippen molar-refractivity contribution >= 4 is 49.6 Å². The number of unbranched alkanes of at least 4 members (excludes halogenated alkanes) is 6. The summed E-state index contributed by atoms with van der Waals surface area (Å²) in [5.41, 5.74) is 4.27. The van der Waals surface area contributed by atoms with Crippen molar-refractivity contribution in [3.8, 4) is 22.6 Å². The van der Waals surface area contributed by atoms with Crippen LogP contribution in [-0.4, -0.2) is 42.6 Å². The summed E-state index contributed by atoms with van der Waals surface area (Å²) >= 11 is 7.39. The van der Waals surface area contributed by atoms with E-state index in [4.69, 9.17) is 14.2 Å². The molecular formula is C42H44Br2O7. The molecule has 0 amide bonds. The minimum absolute atomic E-state index is 0.0347. The van der Waals surface area contributed by atoms with Gasteiger partial charge in [0.05, 0.1) is 30.8 Å². The lowest BCUT2D eigenvalue weighted by atomic mass is 9.67. The molecule has 51 heavy (non-hydrogen) atoms. The van der Waals surface area contributed by atoms with E-state index >= 15 is 0 Å². The van der Waals surface area contributed by atoms with Crippen LogP contribution in [0.3, 0.4) is 0 Å². The molecule has 268 valence electrons. The Labute approximate surface area is 317 Å². The van der Waals surface area contributed by atoms with Gasteiger partial charge in [0, 0.05) is 8.95 Å². The highest BCUT2D eigenvalue weighted by Crippen LogP contribution is 2.58. The molecule has 1 aliphatic carbocycles. The third-order valence-electron chi connectivity index (χ3n) is 9.33. The molecule has 7 nitrogen and oxygen atoms in total. The number of carboxylic acids is 1. The highest BCUT2D eigenvalue weighted by molar-refractivity contribution is 9.10. The highest BCUT2D eigenvalue weighted by atomic mass is 79.9. The van der Waals surface area contributed by atoms with Crippen molar-refractivity contribution in [2.45, 2.75) is 77.6 Å². The Bertz CT molecular complexity index is 1850. The van der Waals surface area contributed by atoms with Gasteiger partial charge in [0.15, 0.2) is 0 Å². The quantitative estimate of drug-likeness (QED) is 0.0407. The lowest BCUT2D eigenvalue weighted by molar-refractivity contribution is -0.131. The van der Waals surface area contributed by atoms with E-state index in [1.807, 2.05) is 60.7 Å². The summed E-state index contributed by atoms with van der Waals surface area (Å²) in [6.45, 7) is 7.06. The van der Waals surface area contributed by atoms with Crippen LogP contribution in [0.2, 0.25) is 0 Å². The van der Waals surface area contributed by atoms with Crippen LogP contribution in [0.15, 0.2) is 81.7 Å². The number of fused-ring (bicyclic) bond motifs is 3. The molecule has 0 bridgehead atoms.